The number of amides is 1. The highest BCUT2D eigenvalue weighted by atomic mass is 16.1. The van der Waals surface area contributed by atoms with Gasteiger partial charge in [-0.1, -0.05) is 12.1 Å². The van der Waals surface area contributed by atoms with Crippen LogP contribution in [-0.4, -0.2) is 12.1 Å². The molecular weight excluding hydrogens is 178 g/mol. The highest BCUT2D eigenvalue weighted by Gasteiger charge is 2.08. The second kappa shape index (κ2) is 3.33. The van der Waals surface area contributed by atoms with Crippen LogP contribution in [-0.2, 0) is 4.79 Å². The standard InChI is InChI=1S/C10H9N3O/c11-10(14)9-5-6-12-7-3-1-2-4-8(7)13-9/h1-6,13H,(H2,11,14). The van der Waals surface area contributed by atoms with E-state index in [0.29, 0.717) is 5.70 Å². The van der Waals surface area contributed by atoms with Crippen molar-refractivity contribution in [2.45, 2.75) is 0 Å². The van der Waals surface area contributed by atoms with Crippen molar-refractivity contribution in [1.82, 2.24) is 0 Å². The topological polar surface area (TPSA) is 67.5 Å². The summed E-state index contributed by atoms with van der Waals surface area (Å²) >= 11 is 0. The molecule has 0 aromatic heterocycles. The molecule has 2 rings (SSSR count). The summed E-state index contributed by atoms with van der Waals surface area (Å²) in [7, 11) is 0. The number of hydrogen-bond donors (Lipinski definition) is 2. The van der Waals surface area contributed by atoms with E-state index in [1.165, 1.54) is 0 Å². The van der Waals surface area contributed by atoms with E-state index in [-0.39, 0.29) is 0 Å². The monoisotopic (exact) mass is 187 g/mol. The molecule has 0 unspecified atom stereocenters. The van der Waals surface area contributed by atoms with E-state index >= 15 is 0 Å². The number of carbonyl (C=O) groups excluding carboxylic acids is 1. The number of carbonyl (C=O) groups is 1. The number of anilines is 1. The van der Waals surface area contributed by atoms with Crippen LogP contribution in [0, 0.1) is 0 Å². The number of rotatable bonds is 1. The molecule has 1 aromatic rings. The summed E-state index contributed by atoms with van der Waals surface area (Å²) in [5.74, 6) is -0.492. The smallest absolute Gasteiger partial charge is 0.265 e. The Bertz CT molecular complexity index is 435. The lowest BCUT2D eigenvalue weighted by atomic mass is 10.2. The third kappa shape index (κ3) is 1.50. The van der Waals surface area contributed by atoms with E-state index in [1.807, 2.05) is 24.3 Å². The Balaban J connectivity index is 2.42. The summed E-state index contributed by atoms with van der Waals surface area (Å²) in [5, 5.41) is 2.92. The molecule has 0 saturated carbocycles. The number of primary amides is 1. The Morgan fingerprint density at radius 2 is 2.14 bits per heavy atom. The SMILES string of the molecule is NC(=O)C1=CC=Nc2ccccc2N1. The molecule has 0 saturated heterocycles. The zero-order valence-electron chi connectivity index (χ0n) is 7.40. The maximum absolute atomic E-state index is 10.9. The summed E-state index contributed by atoms with van der Waals surface area (Å²) < 4.78 is 0. The molecule has 3 N–H and O–H groups in total. The molecule has 4 nitrogen and oxygen atoms in total. The van der Waals surface area contributed by atoms with Crippen LogP contribution in [0.3, 0.4) is 0 Å². The Morgan fingerprint density at radius 1 is 1.36 bits per heavy atom. The predicted octanol–water partition coefficient (Wildman–Crippen LogP) is 1.18. The molecule has 0 bridgehead atoms. The first-order valence-electron chi connectivity index (χ1n) is 4.17. The van der Waals surface area contributed by atoms with Crippen molar-refractivity contribution < 1.29 is 4.79 Å². The number of hydrogen-bond acceptors (Lipinski definition) is 3. The summed E-state index contributed by atoms with van der Waals surface area (Å²) in [4.78, 5) is 15.1. The number of benzene rings is 1. The first-order chi connectivity index (χ1) is 6.77. The van der Waals surface area contributed by atoms with Gasteiger partial charge in [0.1, 0.15) is 5.70 Å². The maximum Gasteiger partial charge on any atom is 0.265 e. The molecule has 1 aliphatic rings. The molecule has 0 spiro atoms. The molecule has 1 amide bonds. The Labute approximate surface area is 81.1 Å². The van der Waals surface area contributed by atoms with Gasteiger partial charge in [-0.25, -0.2) is 0 Å². The molecule has 4 heteroatoms. The highest BCUT2D eigenvalue weighted by molar-refractivity contribution is 6.01. The molecule has 70 valence electrons. The second-order valence-corrected chi connectivity index (χ2v) is 2.86. The van der Waals surface area contributed by atoms with Crippen LogP contribution in [0.15, 0.2) is 41.0 Å². The van der Waals surface area contributed by atoms with E-state index in [0.717, 1.165) is 11.4 Å². The normalized spacial score (nSPS) is 13.6. The fourth-order valence-electron chi connectivity index (χ4n) is 1.21. The lowest BCUT2D eigenvalue weighted by Gasteiger charge is -2.06. The molecule has 0 aliphatic carbocycles. The first kappa shape index (κ1) is 8.50. The minimum atomic E-state index is -0.492. The Kier molecular flexibility index (Phi) is 2.02. The van der Waals surface area contributed by atoms with Gasteiger partial charge in [0.05, 0.1) is 11.4 Å². The van der Waals surface area contributed by atoms with Crippen LogP contribution >= 0.6 is 0 Å². The average Bonchev–Trinajstić information content (AvgIpc) is 2.39. The zero-order chi connectivity index (χ0) is 9.97. The average molecular weight is 187 g/mol. The van der Waals surface area contributed by atoms with Crippen LogP contribution in [0.4, 0.5) is 11.4 Å². The summed E-state index contributed by atoms with van der Waals surface area (Å²) in [6.45, 7) is 0. The third-order valence-electron chi connectivity index (χ3n) is 1.89. The van der Waals surface area contributed by atoms with Crippen molar-refractivity contribution >= 4 is 23.5 Å². The molecular formula is C10H9N3O. The van der Waals surface area contributed by atoms with Crippen molar-refractivity contribution in [2.75, 3.05) is 5.32 Å². The number of aliphatic imine (C=N–C) groups is 1. The highest BCUT2D eigenvalue weighted by Crippen LogP contribution is 2.26. The first-order valence-corrected chi connectivity index (χ1v) is 4.17. The lowest BCUT2D eigenvalue weighted by Crippen LogP contribution is -2.19. The lowest BCUT2D eigenvalue weighted by molar-refractivity contribution is -0.114. The molecule has 0 radical (unpaired) electrons. The fraction of sp³-hybridized carbons (Fsp3) is 0. The van der Waals surface area contributed by atoms with Crippen molar-refractivity contribution in [3.63, 3.8) is 0 Å². The van der Waals surface area contributed by atoms with Gasteiger partial charge >= 0.3 is 0 Å². The van der Waals surface area contributed by atoms with E-state index in [4.69, 9.17) is 5.73 Å². The van der Waals surface area contributed by atoms with Gasteiger partial charge in [0.2, 0.25) is 0 Å². The van der Waals surface area contributed by atoms with Crippen LogP contribution in [0.1, 0.15) is 0 Å². The number of para-hydroxylation sites is 2. The molecule has 14 heavy (non-hydrogen) atoms. The summed E-state index contributed by atoms with van der Waals surface area (Å²) in [6, 6.07) is 7.45. The Morgan fingerprint density at radius 3 is 2.93 bits per heavy atom. The number of nitrogens with one attached hydrogen (secondary N) is 1. The van der Waals surface area contributed by atoms with Gasteiger partial charge in [0.25, 0.3) is 5.91 Å². The van der Waals surface area contributed by atoms with Gasteiger partial charge in [0, 0.05) is 6.21 Å². The molecule has 1 aromatic carbocycles. The number of fused-ring (bicyclic) bond motifs is 1. The second-order valence-electron chi connectivity index (χ2n) is 2.86. The van der Waals surface area contributed by atoms with Crippen LogP contribution in [0.2, 0.25) is 0 Å². The summed E-state index contributed by atoms with van der Waals surface area (Å²) in [5.41, 5.74) is 7.08. The van der Waals surface area contributed by atoms with Crippen LogP contribution in [0.25, 0.3) is 0 Å². The molecule has 1 aliphatic heterocycles. The van der Waals surface area contributed by atoms with E-state index < -0.39 is 5.91 Å². The van der Waals surface area contributed by atoms with Crippen molar-refractivity contribution in [3.8, 4) is 0 Å². The zero-order valence-corrected chi connectivity index (χ0v) is 7.40. The molecule has 1 heterocycles. The number of nitrogens with two attached hydrogens (primary N) is 1. The van der Waals surface area contributed by atoms with Crippen molar-refractivity contribution in [1.29, 1.82) is 0 Å². The van der Waals surface area contributed by atoms with Crippen LogP contribution < -0.4 is 11.1 Å². The minimum absolute atomic E-state index is 0.346. The van der Waals surface area contributed by atoms with Gasteiger partial charge in [0.15, 0.2) is 0 Å². The molecule has 0 fully saturated rings. The Hall–Kier alpha value is -2.10. The number of allylic oxidation sites excluding steroid dienone is 1. The third-order valence-corrected chi connectivity index (χ3v) is 1.89. The van der Waals surface area contributed by atoms with Gasteiger partial charge in [-0.3, -0.25) is 9.79 Å². The fourth-order valence-corrected chi connectivity index (χ4v) is 1.21. The minimum Gasteiger partial charge on any atom is -0.364 e. The van der Waals surface area contributed by atoms with Crippen molar-refractivity contribution in [2.24, 2.45) is 10.7 Å². The van der Waals surface area contributed by atoms with Gasteiger partial charge in [-0.05, 0) is 18.2 Å². The van der Waals surface area contributed by atoms with E-state index in [9.17, 15) is 4.79 Å². The van der Waals surface area contributed by atoms with Crippen LogP contribution in [0.5, 0.6) is 0 Å². The predicted molar refractivity (Wildman–Crippen MR) is 55.5 cm³/mol. The quantitative estimate of drug-likeness (QED) is 0.693. The summed E-state index contributed by atoms with van der Waals surface area (Å²) in [6.07, 6.45) is 3.11. The van der Waals surface area contributed by atoms with Gasteiger partial charge in [-0.2, -0.15) is 0 Å². The van der Waals surface area contributed by atoms with E-state index in [2.05, 4.69) is 10.3 Å². The van der Waals surface area contributed by atoms with Gasteiger partial charge in [-0.15, -0.1) is 0 Å². The van der Waals surface area contributed by atoms with Crippen molar-refractivity contribution in [3.05, 3.63) is 36.0 Å². The van der Waals surface area contributed by atoms with E-state index in [1.54, 1.807) is 12.3 Å². The number of nitrogens with zero attached hydrogens (tertiary/aromatic N) is 1. The van der Waals surface area contributed by atoms with Gasteiger partial charge < -0.3 is 11.1 Å². The maximum atomic E-state index is 10.9. The largest absolute Gasteiger partial charge is 0.364 e. The molecule has 0 atom stereocenters.